The molecule has 0 radical (unpaired) electrons. The fourth-order valence-corrected chi connectivity index (χ4v) is 3.59. The summed E-state index contributed by atoms with van der Waals surface area (Å²) in [7, 11) is 2.18. The highest BCUT2D eigenvalue weighted by atomic mass is 15.2. The van der Waals surface area contributed by atoms with Gasteiger partial charge in [-0.15, -0.1) is 0 Å². The summed E-state index contributed by atoms with van der Waals surface area (Å²) >= 11 is 0. The molecule has 1 aliphatic rings. The molecule has 0 unspecified atom stereocenters. The number of rotatable bonds is 6. The first-order valence-electron chi connectivity index (χ1n) is 10.2. The molecular weight excluding hydrogens is 360 g/mol. The lowest BCUT2D eigenvalue weighted by Crippen LogP contribution is -2.44. The molecule has 3 aromatic rings. The van der Waals surface area contributed by atoms with Gasteiger partial charge >= 0.3 is 0 Å². The number of benzene rings is 2. The van der Waals surface area contributed by atoms with Crippen LogP contribution in [0.2, 0.25) is 0 Å². The third-order valence-electron chi connectivity index (χ3n) is 5.29. The molecule has 1 N–H and O–H groups in total. The zero-order chi connectivity index (χ0) is 20.1. The lowest BCUT2D eigenvalue weighted by atomic mass is 10.2. The van der Waals surface area contributed by atoms with Gasteiger partial charge in [-0.3, -0.25) is 0 Å². The maximum Gasteiger partial charge on any atom is 0.229 e. The normalized spacial score (nSPS) is 14.6. The second-order valence-corrected chi connectivity index (χ2v) is 7.28. The van der Waals surface area contributed by atoms with Gasteiger partial charge in [-0.1, -0.05) is 18.2 Å². The molecule has 4 rings (SSSR count). The van der Waals surface area contributed by atoms with E-state index in [1.54, 1.807) is 6.20 Å². The van der Waals surface area contributed by atoms with Crippen LogP contribution in [0.15, 0.2) is 66.9 Å². The second-order valence-electron chi connectivity index (χ2n) is 7.28. The van der Waals surface area contributed by atoms with Crippen molar-refractivity contribution in [2.24, 2.45) is 0 Å². The number of piperazine rings is 1. The summed E-state index contributed by atoms with van der Waals surface area (Å²) in [5.41, 5.74) is 3.37. The van der Waals surface area contributed by atoms with E-state index in [0.717, 1.165) is 49.9 Å². The zero-order valence-electron chi connectivity index (χ0n) is 17.1. The van der Waals surface area contributed by atoms with E-state index >= 15 is 0 Å². The van der Waals surface area contributed by atoms with Gasteiger partial charge in [0.1, 0.15) is 5.82 Å². The minimum absolute atomic E-state index is 0.601. The molecule has 2 heterocycles. The Morgan fingerprint density at radius 3 is 2.34 bits per heavy atom. The first-order chi connectivity index (χ1) is 14.2. The lowest BCUT2D eigenvalue weighted by molar-refractivity contribution is 0.313. The molecule has 29 heavy (non-hydrogen) atoms. The summed E-state index contributed by atoms with van der Waals surface area (Å²) in [5.74, 6) is 1.48. The Morgan fingerprint density at radius 2 is 1.66 bits per heavy atom. The summed E-state index contributed by atoms with van der Waals surface area (Å²) in [6.45, 7) is 7.31. The number of nitrogens with one attached hydrogen (secondary N) is 1. The maximum absolute atomic E-state index is 4.72. The van der Waals surface area contributed by atoms with Crippen LogP contribution in [-0.4, -0.2) is 54.6 Å². The Balaban J connectivity index is 1.46. The third kappa shape index (κ3) is 4.66. The number of aromatic nitrogens is 2. The molecule has 1 aliphatic heterocycles. The smallest absolute Gasteiger partial charge is 0.229 e. The molecule has 1 aromatic heterocycles. The molecule has 1 saturated heterocycles. The summed E-state index contributed by atoms with van der Waals surface area (Å²) < 4.78 is 0. The molecule has 2 aromatic carbocycles. The Bertz CT molecular complexity index is 904. The highest BCUT2D eigenvalue weighted by Gasteiger charge is 2.14. The molecule has 0 saturated carbocycles. The SMILES string of the molecule is CCN(c1ccccc1)c1ccnc(Nc2ccc(N3CCN(C)CC3)cc2)n1. The summed E-state index contributed by atoms with van der Waals surface area (Å²) in [6, 6.07) is 20.8. The highest BCUT2D eigenvalue weighted by molar-refractivity contribution is 5.63. The number of hydrogen-bond acceptors (Lipinski definition) is 6. The predicted molar refractivity (Wildman–Crippen MR) is 121 cm³/mol. The monoisotopic (exact) mass is 388 g/mol. The van der Waals surface area contributed by atoms with Crippen molar-refractivity contribution < 1.29 is 0 Å². The van der Waals surface area contributed by atoms with E-state index in [4.69, 9.17) is 4.98 Å². The van der Waals surface area contributed by atoms with Crippen LogP contribution in [0.5, 0.6) is 0 Å². The van der Waals surface area contributed by atoms with Crippen LogP contribution in [0.4, 0.5) is 28.8 Å². The van der Waals surface area contributed by atoms with Gasteiger partial charge in [0.2, 0.25) is 5.95 Å². The number of anilines is 5. The minimum Gasteiger partial charge on any atom is -0.369 e. The van der Waals surface area contributed by atoms with Crippen molar-refractivity contribution >= 4 is 28.8 Å². The molecule has 0 bridgehead atoms. The summed E-state index contributed by atoms with van der Waals surface area (Å²) in [5, 5.41) is 3.34. The van der Waals surface area contributed by atoms with Gasteiger partial charge < -0.3 is 20.0 Å². The first-order valence-corrected chi connectivity index (χ1v) is 10.2. The van der Waals surface area contributed by atoms with E-state index in [0.29, 0.717) is 5.95 Å². The average Bonchev–Trinajstić information content (AvgIpc) is 2.77. The molecule has 0 spiro atoms. The Morgan fingerprint density at radius 1 is 0.931 bits per heavy atom. The van der Waals surface area contributed by atoms with Crippen molar-refractivity contribution in [2.75, 3.05) is 54.9 Å². The van der Waals surface area contributed by atoms with E-state index in [2.05, 4.69) is 75.4 Å². The third-order valence-corrected chi connectivity index (χ3v) is 5.29. The van der Waals surface area contributed by atoms with Gasteiger partial charge in [0.05, 0.1) is 0 Å². The van der Waals surface area contributed by atoms with Crippen molar-refractivity contribution in [3.8, 4) is 0 Å². The van der Waals surface area contributed by atoms with Crippen molar-refractivity contribution in [3.63, 3.8) is 0 Å². The molecule has 150 valence electrons. The standard InChI is InChI=1S/C23H28N6/c1-3-29(21-7-5-4-6-8-21)22-13-14-24-23(26-22)25-19-9-11-20(12-10-19)28-17-15-27(2)16-18-28/h4-14H,3,15-18H2,1-2H3,(H,24,25,26). The van der Waals surface area contributed by atoms with Gasteiger partial charge in [-0.2, -0.15) is 4.98 Å². The van der Waals surface area contributed by atoms with Crippen LogP contribution in [-0.2, 0) is 0 Å². The highest BCUT2D eigenvalue weighted by Crippen LogP contribution is 2.25. The molecule has 0 aliphatic carbocycles. The van der Waals surface area contributed by atoms with Crippen molar-refractivity contribution in [2.45, 2.75) is 6.92 Å². The van der Waals surface area contributed by atoms with Gasteiger partial charge in [-0.25, -0.2) is 4.98 Å². The molecule has 0 atom stereocenters. The van der Waals surface area contributed by atoms with Crippen molar-refractivity contribution in [3.05, 3.63) is 66.9 Å². The lowest BCUT2D eigenvalue weighted by Gasteiger charge is -2.34. The maximum atomic E-state index is 4.72. The van der Waals surface area contributed by atoms with E-state index < -0.39 is 0 Å². The van der Waals surface area contributed by atoms with Crippen LogP contribution in [0, 0.1) is 0 Å². The first kappa shape index (κ1) is 19.2. The van der Waals surface area contributed by atoms with Gasteiger partial charge in [-0.05, 0) is 56.4 Å². The van der Waals surface area contributed by atoms with E-state index in [1.807, 2.05) is 24.3 Å². The van der Waals surface area contributed by atoms with E-state index in [1.165, 1.54) is 5.69 Å². The van der Waals surface area contributed by atoms with E-state index in [9.17, 15) is 0 Å². The van der Waals surface area contributed by atoms with Crippen LogP contribution in [0.25, 0.3) is 0 Å². The quantitative estimate of drug-likeness (QED) is 0.685. The largest absolute Gasteiger partial charge is 0.369 e. The average molecular weight is 389 g/mol. The molecule has 6 nitrogen and oxygen atoms in total. The number of nitrogens with zero attached hydrogens (tertiary/aromatic N) is 5. The molecule has 6 heteroatoms. The van der Waals surface area contributed by atoms with Gasteiger partial charge in [0, 0.05) is 56.0 Å². The van der Waals surface area contributed by atoms with Crippen LogP contribution in [0.3, 0.4) is 0 Å². The summed E-state index contributed by atoms with van der Waals surface area (Å²) in [6.07, 6.45) is 1.80. The van der Waals surface area contributed by atoms with Crippen molar-refractivity contribution in [1.29, 1.82) is 0 Å². The zero-order valence-corrected chi connectivity index (χ0v) is 17.1. The minimum atomic E-state index is 0.601. The van der Waals surface area contributed by atoms with E-state index in [-0.39, 0.29) is 0 Å². The Labute approximate surface area is 172 Å². The second kappa shape index (κ2) is 8.92. The Kier molecular flexibility index (Phi) is 5.91. The Hall–Kier alpha value is -3.12. The van der Waals surface area contributed by atoms with Crippen LogP contribution < -0.4 is 15.1 Å². The molecular formula is C23H28N6. The van der Waals surface area contributed by atoms with Crippen LogP contribution in [0.1, 0.15) is 6.92 Å². The van der Waals surface area contributed by atoms with Crippen molar-refractivity contribution in [1.82, 2.24) is 14.9 Å². The van der Waals surface area contributed by atoms with Gasteiger partial charge in [0.25, 0.3) is 0 Å². The topological polar surface area (TPSA) is 47.5 Å². The number of hydrogen-bond donors (Lipinski definition) is 1. The fraction of sp³-hybridized carbons (Fsp3) is 0.304. The number of para-hydroxylation sites is 1. The molecule has 1 fully saturated rings. The predicted octanol–water partition coefficient (Wildman–Crippen LogP) is 4.13. The molecule has 0 amide bonds. The summed E-state index contributed by atoms with van der Waals surface area (Å²) in [4.78, 5) is 16.1. The van der Waals surface area contributed by atoms with Gasteiger partial charge in [0.15, 0.2) is 0 Å². The van der Waals surface area contributed by atoms with Crippen LogP contribution >= 0.6 is 0 Å². The number of likely N-dealkylation sites (N-methyl/N-ethyl adjacent to an activating group) is 1. The fourth-order valence-electron chi connectivity index (χ4n) is 3.59.